The first-order valence-corrected chi connectivity index (χ1v) is 5.20. The molecule has 0 fully saturated rings. The summed E-state index contributed by atoms with van der Waals surface area (Å²) in [5.74, 6) is -0.360. The summed E-state index contributed by atoms with van der Waals surface area (Å²) < 4.78 is 13.8. The number of halogens is 2. The largest absolute Gasteiger partial charge is 0.398 e. The van der Waals surface area contributed by atoms with Crippen molar-refractivity contribution >= 4 is 21.6 Å². The summed E-state index contributed by atoms with van der Waals surface area (Å²) >= 11 is 3.24. The summed E-state index contributed by atoms with van der Waals surface area (Å²) in [5.41, 5.74) is 6.97. The zero-order valence-corrected chi connectivity index (χ0v) is 9.73. The van der Waals surface area contributed by atoms with Gasteiger partial charge in [-0.1, -0.05) is 6.92 Å². The molecule has 1 unspecified atom stereocenters. The van der Waals surface area contributed by atoms with Crippen LogP contribution >= 0.6 is 15.9 Å². The summed E-state index contributed by atoms with van der Waals surface area (Å²) in [6, 6.07) is 1.24. The number of aliphatic hydroxyl groups excluding tert-OH is 1. The van der Waals surface area contributed by atoms with Crippen LogP contribution in [0.25, 0.3) is 0 Å². The molecule has 0 saturated carbocycles. The molecule has 0 aliphatic carbocycles. The predicted octanol–water partition coefficient (Wildman–Crippen LogP) is 2.92. The Morgan fingerprint density at radius 2 is 2.21 bits per heavy atom. The summed E-state index contributed by atoms with van der Waals surface area (Å²) in [4.78, 5) is 0. The average molecular weight is 262 g/mol. The molecule has 4 heteroatoms. The van der Waals surface area contributed by atoms with Crippen LogP contribution in [-0.2, 0) is 0 Å². The number of nitrogen functional groups attached to an aromatic ring is 1. The number of rotatable bonds is 2. The van der Waals surface area contributed by atoms with E-state index in [4.69, 9.17) is 5.73 Å². The van der Waals surface area contributed by atoms with E-state index in [9.17, 15) is 9.50 Å². The predicted molar refractivity (Wildman–Crippen MR) is 58.5 cm³/mol. The molecular weight excluding hydrogens is 249 g/mol. The van der Waals surface area contributed by atoms with Crippen molar-refractivity contribution in [3.63, 3.8) is 0 Å². The molecule has 1 aromatic rings. The number of hydrogen-bond acceptors (Lipinski definition) is 2. The highest BCUT2D eigenvalue weighted by atomic mass is 79.9. The Morgan fingerprint density at radius 3 is 2.71 bits per heavy atom. The minimum atomic E-state index is -0.649. The van der Waals surface area contributed by atoms with Gasteiger partial charge >= 0.3 is 0 Å². The Bertz CT molecular complexity index is 354. The number of benzene rings is 1. The van der Waals surface area contributed by atoms with Crippen molar-refractivity contribution in [3.05, 3.63) is 27.5 Å². The lowest BCUT2D eigenvalue weighted by Crippen LogP contribution is -2.05. The molecular formula is C10H13BrFNO. The molecule has 0 aliphatic rings. The fraction of sp³-hybridized carbons (Fsp3) is 0.400. The fourth-order valence-corrected chi connectivity index (χ4v) is 1.98. The maximum Gasteiger partial charge on any atom is 0.129 e. The van der Waals surface area contributed by atoms with Crippen molar-refractivity contribution in [2.24, 2.45) is 0 Å². The minimum absolute atomic E-state index is 0.286. The van der Waals surface area contributed by atoms with Crippen molar-refractivity contribution < 1.29 is 9.50 Å². The molecule has 0 saturated heterocycles. The van der Waals surface area contributed by atoms with E-state index in [1.54, 1.807) is 6.92 Å². The molecule has 14 heavy (non-hydrogen) atoms. The van der Waals surface area contributed by atoms with Gasteiger partial charge in [-0.2, -0.15) is 0 Å². The summed E-state index contributed by atoms with van der Waals surface area (Å²) in [6.45, 7) is 3.49. The number of anilines is 1. The highest BCUT2D eigenvalue weighted by Gasteiger charge is 2.17. The van der Waals surface area contributed by atoms with E-state index < -0.39 is 6.10 Å². The lowest BCUT2D eigenvalue weighted by atomic mass is 10.0. The lowest BCUT2D eigenvalue weighted by molar-refractivity contribution is 0.173. The van der Waals surface area contributed by atoms with Crippen molar-refractivity contribution in [3.8, 4) is 0 Å². The molecule has 0 aliphatic heterocycles. The van der Waals surface area contributed by atoms with E-state index in [0.29, 0.717) is 22.0 Å². The van der Waals surface area contributed by atoms with E-state index in [1.807, 2.05) is 6.92 Å². The Hall–Kier alpha value is -0.610. The first-order valence-electron chi connectivity index (χ1n) is 4.41. The molecule has 0 bridgehead atoms. The summed E-state index contributed by atoms with van der Waals surface area (Å²) in [7, 11) is 0. The molecule has 0 heterocycles. The second-order valence-electron chi connectivity index (χ2n) is 3.22. The molecule has 1 aromatic carbocycles. The molecule has 78 valence electrons. The van der Waals surface area contributed by atoms with Crippen LogP contribution in [0.2, 0.25) is 0 Å². The molecule has 3 N–H and O–H groups in total. The van der Waals surface area contributed by atoms with Gasteiger partial charge in [0.05, 0.1) is 6.10 Å². The first-order chi connectivity index (χ1) is 6.49. The molecule has 1 atom stereocenters. The van der Waals surface area contributed by atoms with Gasteiger partial charge in [-0.3, -0.25) is 0 Å². The van der Waals surface area contributed by atoms with Gasteiger partial charge in [-0.15, -0.1) is 0 Å². The maximum atomic E-state index is 13.2. The van der Waals surface area contributed by atoms with E-state index in [-0.39, 0.29) is 11.5 Å². The number of aliphatic hydroxyl groups is 1. The fourth-order valence-electron chi connectivity index (χ4n) is 1.30. The quantitative estimate of drug-likeness (QED) is 0.805. The van der Waals surface area contributed by atoms with Gasteiger partial charge in [0.15, 0.2) is 0 Å². The van der Waals surface area contributed by atoms with Gasteiger partial charge in [0.2, 0.25) is 0 Å². The van der Waals surface area contributed by atoms with Gasteiger partial charge in [0.1, 0.15) is 5.82 Å². The van der Waals surface area contributed by atoms with Crippen LogP contribution in [0.3, 0.4) is 0 Å². The van der Waals surface area contributed by atoms with Crippen molar-refractivity contribution in [2.45, 2.75) is 26.4 Å². The van der Waals surface area contributed by atoms with Crippen LogP contribution in [-0.4, -0.2) is 5.11 Å². The molecule has 2 nitrogen and oxygen atoms in total. The number of hydrogen-bond donors (Lipinski definition) is 2. The van der Waals surface area contributed by atoms with E-state index >= 15 is 0 Å². The SMILES string of the molecule is CCC(O)c1c(N)cc(F)c(C)c1Br. The van der Waals surface area contributed by atoms with Gasteiger partial charge in [0.25, 0.3) is 0 Å². The number of nitrogens with two attached hydrogens (primary N) is 1. The standard InChI is InChI=1S/C10H13BrFNO/c1-3-8(14)9-7(13)4-6(12)5(2)10(9)11/h4,8,14H,3,13H2,1-2H3. The summed E-state index contributed by atoms with van der Waals surface area (Å²) in [5, 5.41) is 9.67. The van der Waals surface area contributed by atoms with Gasteiger partial charge in [-0.05, 0) is 40.9 Å². The highest BCUT2D eigenvalue weighted by molar-refractivity contribution is 9.10. The van der Waals surface area contributed by atoms with Crippen LogP contribution in [0.1, 0.15) is 30.6 Å². The topological polar surface area (TPSA) is 46.2 Å². The lowest BCUT2D eigenvalue weighted by Gasteiger charge is -2.15. The molecule has 1 rings (SSSR count). The first kappa shape index (κ1) is 11.5. The zero-order valence-electron chi connectivity index (χ0n) is 8.14. The average Bonchev–Trinajstić information content (AvgIpc) is 2.14. The minimum Gasteiger partial charge on any atom is -0.398 e. The summed E-state index contributed by atoms with van der Waals surface area (Å²) in [6.07, 6.45) is -0.0999. The Labute approximate surface area is 91.1 Å². The van der Waals surface area contributed by atoms with E-state index in [1.165, 1.54) is 6.07 Å². The Balaban J connectivity index is 3.36. The Kier molecular flexibility index (Phi) is 3.50. The third-order valence-electron chi connectivity index (χ3n) is 2.24. The van der Waals surface area contributed by atoms with Crippen LogP contribution in [0, 0.1) is 12.7 Å². The molecule has 0 spiro atoms. The third kappa shape index (κ3) is 1.91. The molecule has 0 amide bonds. The highest BCUT2D eigenvalue weighted by Crippen LogP contribution is 2.34. The monoisotopic (exact) mass is 261 g/mol. The van der Waals surface area contributed by atoms with E-state index in [2.05, 4.69) is 15.9 Å². The Morgan fingerprint density at radius 1 is 1.64 bits per heavy atom. The normalized spacial score (nSPS) is 12.9. The molecule has 0 aromatic heterocycles. The van der Waals surface area contributed by atoms with Crippen LogP contribution < -0.4 is 5.73 Å². The third-order valence-corrected chi connectivity index (χ3v) is 3.26. The van der Waals surface area contributed by atoms with Crippen LogP contribution in [0.4, 0.5) is 10.1 Å². The molecule has 0 radical (unpaired) electrons. The van der Waals surface area contributed by atoms with Gasteiger partial charge < -0.3 is 10.8 Å². The second-order valence-corrected chi connectivity index (χ2v) is 4.02. The van der Waals surface area contributed by atoms with Gasteiger partial charge in [0, 0.05) is 15.7 Å². The van der Waals surface area contributed by atoms with Crippen molar-refractivity contribution in [2.75, 3.05) is 5.73 Å². The van der Waals surface area contributed by atoms with Gasteiger partial charge in [-0.25, -0.2) is 4.39 Å². The van der Waals surface area contributed by atoms with Crippen molar-refractivity contribution in [1.29, 1.82) is 0 Å². The second kappa shape index (κ2) is 4.28. The van der Waals surface area contributed by atoms with Crippen molar-refractivity contribution in [1.82, 2.24) is 0 Å². The maximum absolute atomic E-state index is 13.2. The van der Waals surface area contributed by atoms with Crippen LogP contribution in [0.15, 0.2) is 10.5 Å². The zero-order chi connectivity index (χ0) is 10.9. The van der Waals surface area contributed by atoms with E-state index in [0.717, 1.165) is 0 Å². The smallest absolute Gasteiger partial charge is 0.129 e. The van der Waals surface area contributed by atoms with Crippen LogP contribution in [0.5, 0.6) is 0 Å².